The molecular formula is C22H28N4O3. The van der Waals surface area contributed by atoms with Crippen molar-refractivity contribution in [3.8, 4) is 6.07 Å². The van der Waals surface area contributed by atoms with Gasteiger partial charge in [-0.2, -0.15) is 5.26 Å². The molecule has 7 heteroatoms. The van der Waals surface area contributed by atoms with E-state index in [1.54, 1.807) is 17.0 Å². The molecule has 1 saturated carbocycles. The van der Waals surface area contributed by atoms with E-state index in [-0.39, 0.29) is 24.3 Å². The lowest BCUT2D eigenvalue weighted by Gasteiger charge is -2.36. The fourth-order valence-electron chi connectivity index (χ4n) is 4.34. The van der Waals surface area contributed by atoms with Crippen LogP contribution < -0.4 is 5.32 Å². The number of hydrogen-bond donors (Lipinski definition) is 1. The highest BCUT2D eigenvalue weighted by atomic mass is 16.2. The molecule has 4 amide bonds. The van der Waals surface area contributed by atoms with E-state index in [2.05, 4.69) is 11.4 Å². The van der Waals surface area contributed by atoms with E-state index in [1.165, 1.54) is 0 Å². The first-order chi connectivity index (χ1) is 13.9. The van der Waals surface area contributed by atoms with Crippen LogP contribution in [0.2, 0.25) is 0 Å². The molecule has 29 heavy (non-hydrogen) atoms. The molecule has 1 aliphatic carbocycles. The van der Waals surface area contributed by atoms with Gasteiger partial charge in [-0.15, -0.1) is 0 Å². The molecule has 0 bridgehead atoms. The maximum atomic E-state index is 13.1. The van der Waals surface area contributed by atoms with Crippen molar-refractivity contribution < 1.29 is 14.4 Å². The van der Waals surface area contributed by atoms with E-state index in [0.717, 1.165) is 36.1 Å². The second-order valence-corrected chi connectivity index (χ2v) is 8.06. The summed E-state index contributed by atoms with van der Waals surface area (Å²) in [7, 11) is 0. The Bertz CT molecular complexity index is 829. The van der Waals surface area contributed by atoms with E-state index in [9.17, 15) is 14.4 Å². The Labute approximate surface area is 171 Å². The van der Waals surface area contributed by atoms with E-state index in [0.29, 0.717) is 25.1 Å². The topological polar surface area (TPSA) is 93.5 Å². The second-order valence-electron chi connectivity index (χ2n) is 8.06. The van der Waals surface area contributed by atoms with Gasteiger partial charge in [0.2, 0.25) is 5.91 Å². The van der Waals surface area contributed by atoms with Gasteiger partial charge in [-0.3, -0.25) is 14.5 Å². The molecule has 0 radical (unpaired) electrons. The van der Waals surface area contributed by atoms with Gasteiger partial charge in [-0.05, 0) is 42.9 Å². The lowest BCUT2D eigenvalue weighted by Crippen LogP contribution is -2.54. The van der Waals surface area contributed by atoms with Gasteiger partial charge in [0.15, 0.2) is 0 Å². The number of carbonyl (C=O) groups is 3. The largest absolute Gasteiger partial charge is 0.337 e. The van der Waals surface area contributed by atoms with Crippen molar-refractivity contribution in [2.24, 2.45) is 5.92 Å². The molecular weight excluding hydrogens is 368 g/mol. The summed E-state index contributed by atoms with van der Waals surface area (Å²) in [6, 6.07) is 8.69. The average molecular weight is 396 g/mol. The maximum Gasteiger partial charge on any atom is 0.325 e. The zero-order valence-electron chi connectivity index (χ0n) is 17.1. The SMILES string of the molecule is CCCN(Cc1ccc(C#N)cc1)C(=O)CN1C(=O)NC2(CCCCC2C)C1=O. The van der Waals surface area contributed by atoms with Gasteiger partial charge in [0.1, 0.15) is 12.1 Å². The first-order valence-corrected chi connectivity index (χ1v) is 10.3. The summed E-state index contributed by atoms with van der Waals surface area (Å²) in [6.45, 7) is 4.64. The third-order valence-electron chi connectivity index (χ3n) is 6.10. The minimum Gasteiger partial charge on any atom is -0.337 e. The lowest BCUT2D eigenvalue weighted by molar-refractivity contribution is -0.140. The van der Waals surface area contributed by atoms with Crippen molar-refractivity contribution in [2.45, 2.75) is 58.0 Å². The van der Waals surface area contributed by atoms with Crippen LogP contribution in [0.25, 0.3) is 0 Å². The molecule has 2 atom stereocenters. The van der Waals surface area contributed by atoms with E-state index in [4.69, 9.17) is 5.26 Å². The van der Waals surface area contributed by atoms with Crippen molar-refractivity contribution in [1.82, 2.24) is 15.1 Å². The number of hydrogen-bond acceptors (Lipinski definition) is 4. The molecule has 1 aliphatic heterocycles. The molecule has 0 aromatic heterocycles. The van der Waals surface area contributed by atoms with Crippen molar-refractivity contribution in [2.75, 3.05) is 13.1 Å². The summed E-state index contributed by atoms with van der Waals surface area (Å²) in [6.07, 6.45) is 4.25. The van der Waals surface area contributed by atoms with Crippen LogP contribution in [-0.2, 0) is 16.1 Å². The van der Waals surface area contributed by atoms with Gasteiger partial charge in [-0.1, -0.05) is 38.8 Å². The van der Waals surface area contributed by atoms with Crippen LogP contribution in [0.15, 0.2) is 24.3 Å². The predicted octanol–water partition coefficient (Wildman–Crippen LogP) is 2.80. The predicted molar refractivity (Wildman–Crippen MR) is 107 cm³/mol. The monoisotopic (exact) mass is 396 g/mol. The van der Waals surface area contributed by atoms with Crippen molar-refractivity contribution in [3.63, 3.8) is 0 Å². The minimum absolute atomic E-state index is 0.0678. The summed E-state index contributed by atoms with van der Waals surface area (Å²) in [5.41, 5.74) is 0.618. The van der Waals surface area contributed by atoms with Crippen LogP contribution in [0, 0.1) is 17.2 Å². The Kier molecular flexibility index (Phi) is 6.21. The lowest BCUT2D eigenvalue weighted by atomic mass is 9.73. The first kappa shape index (κ1) is 20.8. The Morgan fingerprint density at radius 3 is 2.66 bits per heavy atom. The first-order valence-electron chi connectivity index (χ1n) is 10.3. The van der Waals surface area contributed by atoms with Crippen LogP contribution in [0.4, 0.5) is 4.79 Å². The quantitative estimate of drug-likeness (QED) is 0.748. The number of carbonyl (C=O) groups excluding carboxylic acids is 3. The van der Waals surface area contributed by atoms with Gasteiger partial charge >= 0.3 is 6.03 Å². The zero-order chi connectivity index (χ0) is 21.0. The number of amides is 4. The molecule has 154 valence electrons. The molecule has 1 heterocycles. The third-order valence-corrected chi connectivity index (χ3v) is 6.10. The van der Waals surface area contributed by atoms with Crippen LogP contribution >= 0.6 is 0 Å². The molecule has 2 aliphatic rings. The fraction of sp³-hybridized carbons (Fsp3) is 0.545. The normalized spacial score (nSPS) is 23.8. The van der Waals surface area contributed by atoms with Crippen LogP contribution in [0.3, 0.4) is 0 Å². The molecule has 3 rings (SSSR count). The summed E-state index contributed by atoms with van der Waals surface area (Å²) < 4.78 is 0. The molecule has 2 fully saturated rings. The highest BCUT2D eigenvalue weighted by Gasteiger charge is 2.55. The maximum absolute atomic E-state index is 13.1. The molecule has 1 aromatic rings. The number of nitrogens with one attached hydrogen (secondary N) is 1. The Morgan fingerprint density at radius 1 is 1.31 bits per heavy atom. The van der Waals surface area contributed by atoms with Crippen molar-refractivity contribution in [3.05, 3.63) is 35.4 Å². The van der Waals surface area contributed by atoms with Gasteiger partial charge in [0.05, 0.1) is 11.6 Å². The molecule has 1 spiro atoms. The fourth-order valence-corrected chi connectivity index (χ4v) is 4.34. The molecule has 1 aromatic carbocycles. The van der Waals surface area contributed by atoms with Gasteiger partial charge < -0.3 is 10.2 Å². The average Bonchev–Trinajstić information content (AvgIpc) is 2.95. The minimum atomic E-state index is -0.849. The second kappa shape index (κ2) is 8.64. The standard InChI is InChI=1S/C22H28N4O3/c1-3-12-25(14-18-9-7-17(13-23)8-10-18)19(27)15-26-20(28)22(24-21(26)29)11-5-4-6-16(22)2/h7-10,16H,3-6,11-12,14-15H2,1-2H3,(H,24,29). The van der Waals surface area contributed by atoms with E-state index >= 15 is 0 Å². The third kappa shape index (κ3) is 4.12. The molecule has 7 nitrogen and oxygen atoms in total. The molecule has 1 N–H and O–H groups in total. The number of nitriles is 1. The van der Waals surface area contributed by atoms with Gasteiger partial charge in [0.25, 0.3) is 5.91 Å². The summed E-state index contributed by atoms with van der Waals surface area (Å²) in [5, 5.41) is 11.8. The smallest absolute Gasteiger partial charge is 0.325 e. The number of imide groups is 1. The van der Waals surface area contributed by atoms with Crippen LogP contribution in [0.1, 0.15) is 57.1 Å². The summed E-state index contributed by atoms with van der Waals surface area (Å²) >= 11 is 0. The number of urea groups is 1. The number of nitrogens with zero attached hydrogens (tertiary/aromatic N) is 3. The summed E-state index contributed by atoms with van der Waals surface area (Å²) in [5.74, 6) is -0.448. The van der Waals surface area contributed by atoms with Crippen LogP contribution in [0.5, 0.6) is 0 Å². The Hall–Kier alpha value is -2.88. The van der Waals surface area contributed by atoms with Crippen molar-refractivity contribution >= 4 is 17.8 Å². The Balaban J connectivity index is 1.71. The highest BCUT2D eigenvalue weighted by molar-refractivity contribution is 6.09. The van der Waals surface area contributed by atoms with Crippen molar-refractivity contribution in [1.29, 1.82) is 5.26 Å². The molecule has 2 unspecified atom stereocenters. The highest BCUT2D eigenvalue weighted by Crippen LogP contribution is 2.38. The summed E-state index contributed by atoms with van der Waals surface area (Å²) in [4.78, 5) is 41.3. The van der Waals surface area contributed by atoms with Crippen LogP contribution in [-0.4, -0.2) is 46.3 Å². The molecule has 1 saturated heterocycles. The Morgan fingerprint density at radius 2 is 2.03 bits per heavy atom. The van der Waals surface area contributed by atoms with E-state index in [1.807, 2.05) is 26.0 Å². The van der Waals surface area contributed by atoms with Gasteiger partial charge in [0, 0.05) is 13.1 Å². The van der Waals surface area contributed by atoms with E-state index < -0.39 is 11.6 Å². The zero-order valence-corrected chi connectivity index (χ0v) is 17.1. The van der Waals surface area contributed by atoms with Gasteiger partial charge in [-0.25, -0.2) is 4.79 Å². The number of benzene rings is 1. The number of rotatable bonds is 6.